The summed E-state index contributed by atoms with van der Waals surface area (Å²) in [4.78, 5) is 11.7. The van der Waals surface area contributed by atoms with E-state index in [1.54, 1.807) is 0 Å². The second-order valence-corrected chi connectivity index (χ2v) is 10.7. The average Bonchev–Trinajstić information content (AvgIpc) is 2.92. The van der Waals surface area contributed by atoms with Crippen LogP contribution in [-0.2, 0) is 18.4 Å². The fraction of sp³-hybridized carbons (Fsp3) is 0.562. The van der Waals surface area contributed by atoms with Crippen LogP contribution in [0.5, 0.6) is 0 Å². The Morgan fingerprint density at radius 1 is 1.23 bits per heavy atom. The fourth-order valence-electron chi connectivity index (χ4n) is 2.69. The van der Waals surface area contributed by atoms with Gasteiger partial charge in [0.15, 0.2) is 0 Å². The number of rotatable bonds is 8. The van der Waals surface area contributed by atoms with Gasteiger partial charge in [0.25, 0.3) is 0 Å². The molecule has 0 heterocycles. The first kappa shape index (κ1) is 17.9. The average molecular weight is 389 g/mol. The molecule has 1 fully saturated rings. The minimum atomic E-state index is -3.20. The summed E-state index contributed by atoms with van der Waals surface area (Å²) in [7, 11) is -3.20. The first-order valence-corrected chi connectivity index (χ1v) is 11.2. The van der Waals surface area contributed by atoms with Gasteiger partial charge < -0.3 is 0 Å². The molecule has 0 radical (unpaired) electrons. The van der Waals surface area contributed by atoms with E-state index in [2.05, 4.69) is 0 Å². The van der Waals surface area contributed by atoms with Gasteiger partial charge in [-0.1, -0.05) is 0 Å². The van der Waals surface area contributed by atoms with Gasteiger partial charge in [-0.05, 0) is 0 Å². The zero-order valence-electron chi connectivity index (χ0n) is 13.1. The Balaban J connectivity index is 2.27. The Morgan fingerprint density at radius 2 is 1.86 bits per heavy atom. The molecule has 4 nitrogen and oxygen atoms in total. The third-order valence-electron chi connectivity index (χ3n) is 3.62. The van der Waals surface area contributed by atoms with Crippen LogP contribution in [0.1, 0.15) is 33.1 Å². The van der Waals surface area contributed by atoms with Gasteiger partial charge in [-0.2, -0.15) is 0 Å². The first-order chi connectivity index (χ1) is 10.6. The van der Waals surface area contributed by atoms with Crippen molar-refractivity contribution in [3.63, 3.8) is 0 Å². The molecule has 0 spiro atoms. The molecule has 6 heteroatoms. The zero-order chi connectivity index (χ0) is 16.0. The summed E-state index contributed by atoms with van der Waals surface area (Å²) in [6.07, 6.45) is 1.88. The second-order valence-electron chi connectivity index (χ2n) is 5.24. The SMILES string of the molecule is CCOP(=O)(OCC)C([Se]c1ccccc1)C1CCC(=O)C1. The summed E-state index contributed by atoms with van der Waals surface area (Å²) >= 11 is -0.0452. The van der Waals surface area contributed by atoms with E-state index in [9.17, 15) is 9.36 Å². The van der Waals surface area contributed by atoms with Gasteiger partial charge >= 0.3 is 138 Å². The van der Waals surface area contributed by atoms with Crippen LogP contribution in [0.4, 0.5) is 0 Å². The van der Waals surface area contributed by atoms with Crippen molar-refractivity contribution in [3.05, 3.63) is 30.3 Å². The predicted molar refractivity (Wildman–Crippen MR) is 88.8 cm³/mol. The summed E-state index contributed by atoms with van der Waals surface area (Å²) in [5, 5.41) is 0. The molecule has 0 bridgehead atoms. The van der Waals surface area contributed by atoms with Crippen LogP contribution in [0.15, 0.2) is 30.3 Å². The van der Waals surface area contributed by atoms with E-state index in [1.165, 1.54) is 4.46 Å². The van der Waals surface area contributed by atoms with Crippen LogP contribution in [0.3, 0.4) is 0 Å². The molecule has 22 heavy (non-hydrogen) atoms. The molecule has 2 rings (SSSR count). The van der Waals surface area contributed by atoms with Gasteiger partial charge in [0, 0.05) is 0 Å². The van der Waals surface area contributed by atoms with Gasteiger partial charge in [-0.3, -0.25) is 0 Å². The van der Waals surface area contributed by atoms with E-state index in [-0.39, 0.29) is 31.2 Å². The van der Waals surface area contributed by atoms with E-state index in [1.807, 2.05) is 44.2 Å². The first-order valence-electron chi connectivity index (χ1n) is 7.71. The molecule has 1 saturated carbocycles. The topological polar surface area (TPSA) is 52.6 Å². The Bertz CT molecular complexity index is 524. The maximum absolute atomic E-state index is 13.3. The summed E-state index contributed by atoms with van der Waals surface area (Å²) < 4.78 is 25.4. The van der Waals surface area contributed by atoms with Crippen LogP contribution in [0, 0.1) is 5.92 Å². The Labute approximate surface area is 138 Å². The van der Waals surface area contributed by atoms with Crippen LogP contribution in [0.25, 0.3) is 0 Å². The molecule has 0 N–H and O–H groups in total. The van der Waals surface area contributed by atoms with Crippen molar-refractivity contribution in [2.24, 2.45) is 5.92 Å². The number of hydrogen-bond acceptors (Lipinski definition) is 4. The predicted octanol–water partition coefficient (Wildman–Crippen LogP) is 2.98. The number of hydrogen-bond donors (Lipinski definition) is 0. The Kier molecular flexibility index (Phi) is 6.86. The maximum atomic E-state index is 13.3. The van der Waals surface area contributed by atoms with Gasteiger partial charge in [0.05, 0.1) is 0 Å². The number of ketones is 1. The molecule has 0 saturated heterocycles. The molecular formula is C16H23O4PSe. The van der Waals surface area contributed by atoms with Gasteiger partial charge in [-0.25, -0.2) is 0 Å². The zero-order valence-corrected chi connectivity index (χ0v) is 15.7. The van der Waals surface area contributed by atoms with E-state index in [0.29, 0.717) is 26.1 Å². The molecule has 1 aliphatic rings. The molecule has 0 aliphatic heterocycles. The van der Waals surface area contributed by atoms with E-state index >= 15 is 0 Å². The third kappa shape index (κ3) is 4.53. The van der Waals surface area contributed by atoms with Crippen molar-refractivity contribution >= 4 is 32.8 Å². The summed E-state index contributed by atoms with van der Waals surface area (Å²) in [5.74, 6) is 0.370. The second kappa shape index (κ2) is 8.42. The van der Waals surface area contributed by atoms with Crippen LogP contribution in [0.2, 0.25) is 0 Å². The van der Waals surface area contributed by atoms with Crippen molar-refractivity contribution in [3.8, 4) is 0 Å². The molecule has 1 aromatic carbocycles. The standard InChI is InChI=1S/C16H23O4PSe/c1-3-19-21(18,20-4-2)16(13-10-11-14(17)12-13)22-15-8-6-5-7-9-15/h5-9,13,16H,3-4,10-12H2,1-2H3. The Hall–Kier alpha value is -0.441. The van der Waals surface area contributed by atoms with Crippen LogP contribution >= 0.6 is 7.60 Å². The van der Waals surface area contributed by atoms with Crippen molar-refractivity contribution in [1.29, 1.82) is 0 Å². The molecule has 122 valence electrons. The van der Waals surface area contributed by atoms with Crippen molar-refractivity contribution < 1.29 is 18.4 Å². The summed E-state index contributed by atoms with van der Waals surface area (Å²) in [6, 6.07) is 10.0. The number of carbonyl (C=O) groups is 1. The normalized spacial score (nSPS) is 20.3. The molecule has 1 aliphatic carbocycles. The monoisotopic (exact) mass is 390 g/mol. The van der Waals surface area contributed by atoms with Crippen molar-refractivity contribution in [2.75, 3.05) is 13.2 Å². The molecule has 0 amide bonds. The summed E-state index contributed by atoms with van der Waals surface area (Å²) in [5.41, 5.74) is 0. The molecule has 1 aromatic rings. The summed E-state index contributed by atoms with van der Waals surface area (Å²) in [6.45, 7) is 4.38. The number of carbonyl (C=O) groups excluding carboxylic acids is 1. The van der Waals surface area contributed by atoms with E-state index in [4.69, 9.17) is 9.05 Å². The van der Waals surface area contributed by atoms with Crippen molar-refractivity contribution in [1.82, 2.24) is 0 Å². The van der Waals surface area contributed by atoms with Gasteiger partial charge in [0.2, 0.25) is 0 Å². The van der Waals surface area contributed by atoms with Crippen molar-refractivity contribution in [2.45, 2.75) is 37.7 Å². The van der Waals surface area contributed by atoms with Gasteiger partial charge in [-0.15, -0.1) is 0 Å². The fourth-order valence-corrected chi connectivity index (χ4v) is 9.02. The molecule has 2 unspecified atom stereocenters. The van der Waals surface area contributed by atoms with Gasteiger partial charge in [0.1, 0.15) is 0 Å². The molecule has 2 atom stereocenters. The molecule has 0 aromatic heterocycles. The number of benzene rings is 1. The van der Waals surface area contributed by atoms with Crippen LogP contribution < -0.4 is 4.46 Å². The minimum absolute atomic E-state index is 0.0452. The number of Topliss-reactive ketones (excluding diaryl/α,β-unsaturated/α-hetero) is 1. The molecular weight excluding hydrogens is 366 g/mol. The van der Waals surface area contributed by atoms with E-state index < -0.39 is 7.60 Å². The van der Waals surface area contributed by atoms with E-state index in [0.717, 1.165) is 6.42 Å². The van der Waals surface area contributed by atoms with Crippen LogP contribution in [-0.4, -0.2) is 38.5 Å². The Morgan fingerprint density at radius 3 is 2.36 bits per heavy atom. The quantitative estimate of drug-likeness (QED) is 0.507. The third-order valence-corrected chi connectivity index (χ3v) is 10.5.